The SMILES string of the molecule is CCCC(NC(=O)N(C)CC(C)C(=O)O)C(=O)N1CCc2sccc2C1. The summed E-state index contributed by atoms with van der Waals surface area (Å²) in [5.74, 6) is -1.69. The van der Waals surface area contributed by atoms with Gasteiger partial charge in [0.25, 0.3) is 0 Å². The number of rotatable bonds is 7. The molecule has 0 saturated heterocycles. The lowest BCUT2D eigenvalue weighted by atomic mass is 10.1. The van der Waals surface area contributed by atoms with Gasteiger partial charge in [-0.05, 0) is 29.9 Å². The molecule has 0 aromatic carbocycles. The van der Waals surface area contributed by atoms with Crippen LogP contribution in [-0.4, -0.2) is 59.0 Å². The van der Waals surface area contributed by atoms with E-state index in [2.05, 4.69) is 5.32 Å². The minimum absolute atomic E-state index is 0.0725. The zero-order valence-corrected chi connectivity index (χ0v) is 16.3. The van der Waals surface area contributed by atoms with Crippen molar-refractivity contribution < 1.29 is 19.5 Å². The molecule has 144 valence electrons. The van der Waals surface area contributed by atoms with E-state index in [-0.39, 0.29) is 12.5 Å². The van der Waals surface area contributed by atoms with Crippen molar-refractivity contribution in [2.45, 2.75) is 45.7 Å². The lowest BCUT2D eigenvalue weighted by Gasteiger charge is -2.31. The van der Waals surface area contributed by atoms with Gasteiger partial charge in [0.05, 0.1) is 5.92 Å². The summed E-state index contributed by atoms with van der Waals surface area (Å²) in [6.45, 7) is 4.85. The Morgan fingerprint density at radius 2 is 2.15 bits per heavy atom. The molecule has 1 aromatic heterocycles. The summed E-state index contributed by atoms with van der Waals surface area (Å²) in [5, 5.41) is 13.8. The van der Waals surface area contributed by atoms with Crippen LogP contribution in [0.5, 0.6) is 0 Å². The molecule has 0 spiro atoms. The van der Waals surface area contributed by atoms with Crippen molar-refractivity contribution in [1.29, 1.82) is 0 Å². The van der Waals surface area contributed by atoms with Crippen LogP contribution in [0.4, 0.5) is 4.79 Å². The third-order valence-electron chi connectivity index (χ3n) is 4.61. The van der Waals surface area contributed by atoms with E-state index in [1.807, 2.05) is 18.4 Å². The summed E-state index contributed by atoms with van der Waals surface area (Å²) in [4.78, 5) is 40.7. The van der Waals surface area contributed by atoms with Crippen molar-refractivity contribution in [3.63, 3.8) is 0 Å². The maximum atomic E-state index is 12.9. The van der Waals surface area contributed by atoms with Gasteiger partial charge < -0.3 is 20.2 Å². The van der Waals surface area contributed by atoms with Crippen molar-refractivity contribution >= 4 is 29.2 Å². The number of carbonyl (C=O) groups is 3. The minimum atomic E-state index is -0.953. The fraction of sp³-hybridized carbons (Fsp3) is 0.611. The van der Waals surface area contributed by atoms with Crippen LogP contribution in [0, 0.1) is 5.92 Å². The number of thiophene rings is 1. The second-order valence-corrected chi connectivity index (χ2v) is 7.79. The van der Waals surface area contributed by atoms with Gasteiger partial charge in [-0.3, -0.25) is 9.59 Å². The number of nitrogens with zero attached hydrogens (tertiary/aromatic N) is 2. The number of hydrogen-bond donors (Lipinski definition) is 2. The fourth-order valence-corrected chi connectivity index (χ4v) is 3.92. The Labute approximate surface area is 158 Å². The quantitative estimate of drug-likeness (QED) is 0.757. The highest BCUT2D eigenvalue weighted by Crippen LogP contribution is 2.24. The van der Waals surface area contributed by atoms with Crippen LogP contribution in [0.3, 0.4) is 0 Å². The van der Waals surface area contributed by atoms with Crippen molar-refractivity contribution in [3.8, 4) is 0 Å². The second-order valence-electron chi connectivity index (χ2n) is 6.79. The first-order valence-corrected chi connectivity index (χ1v) is 9.79. The molecule has 2 atom stereocenters. The van der Waals surface area contributed by atoms with E-state index in [0.717, 1.165) is 12.8 Å². The first-order chi connectivity index (χ1) is 12.3. The van der Waals surface area contributed by atoms with Gasteiger partial charge >= 0.3 is 12.0 Å². The molecule has 1 aliphatic heterocycles. The van der Waals surface area contributed by atoms with Gasteiger partial charge in [-0.1, -0.05) is 20.3 Å². The van der Waals surface area contributed by atoms with Crippen LogP contribution in [0.2, 0.25) is 0 Å². The van der Waals surface area contributed by atoms with Crippen LogP contribution in [0.1, 0.15) is 37.1 Å². The first-order valence-electron chi connectivity index (χ1n) is 8.92. The molecule has 0 bridgehead atoms. The van der Waals surface area contributed by atoms with Crippen molar-refractivity contribution in [3.05, 3.63) is 21.9 Å². The number of carboxylic acids is 1. The van der Waals surface area contributed by atoms with Crippen LogP contribution in [0.25, 0.3) is 0 Å². The third kappa shape index (κ3) is 4.97. The van der Waals surface area contributed by atoms with E-state index in [0.29, 0.717) is 19.5 Å². The van der Waals surface area contributed by atoms with Gasteiger partial charge in [0.2, 0.25) is 5.91 Å². The summed E-state index contributed by atoms with van der Waals surface area (Å²) >= 11 is 1.72. The number of hydrogen-bond acceptors (Lipinski definition) is 4. The minimum Gasteiger partial charge on any atom is -0.481 e. The number of amides is 3. The van der Waals surface area contributed by atoms with Gasteiger partial charge in [0.1, 0.15) is 6.04 Å². The lowest BCUT2D eigenvalue weighted by molar-refractivity contribution is -0.141. The average molecular weight is 381 g/mol. The predicted octanol–water partition coefficient (Wildman–Crippen LogP) is 2.16. The van der Waals surface area contributed by atoms with Crippen LogP contribution >= 0.6 is 11.3 Å². The summed E-state index contributed by atoms with van der Waals surface area (Å²) in [6.07, 6.45) is 2.17. The van der Waals surface area contributed by atoms with E-state index >= 15 is 0 Å². The van der Waals surface area contributed by atoms with E-state index in [9.17, 15) is 14.4 Å². The van der Waals surface area contributed by atoms with Crippen LogP contribution in [0.15, 0.2) is 11.4 Å². The topological polar surface area (TPSA) is 90.0 Å². The number of nitrogens with one attached hydrogen (secondary N) is 1. The van der Waals surface area contributed by atoms with Crippen molar-refractivity contribution in [2.75, 3.05) is 20.1 Å². The first kappa shape index (κ1) is 20.2. The molecule has 1 aliphatic rings. The van der Waals surface area contributed by atoms with Crippen molar-refractivity contribution in [1.82, 2.24) is 15.1 Å². The van der Waals surface area contributed by atoms with Gasteiger partial charge in [0.15, 0.2) is 0 Å². The predicted molar refractivity (Wildman–Crippen MR) is 100 cm³/mol. The van der Waals surface area contributed by atoms with Crippen LogP contribution < -0.4 is 5.32 Å². The molecule has 7 nitrogen and oxygen atoms in total. The Balaban J connectivity index is 1.98. The Morgan fingerprint density at radius 3 is 2.81 bits per heavy atom. The third-order valence-corrected chi connectivity index (χ3v) is 5.63. The lowest BCUT2D eigenvalue weighted by Crippen LogP contribution is -2.52. The molecule has 0 aliphatic carbocycles. The zero-order valence-electron chi connectivity index (χ0n) is 15.5. The summed E-state index contributed by atoms with van der Waals surface area (Å²) in [7, 11) is 1.54. The molecule has 2 unspecified atom stereocenters. The molecular formula is C18H27N3O4S. The number of aliphatic carboxylic acids is 1. The maximum Gasteiger partial charge on any atom is 0.317 e. The normalized spacial score (nSPS) is 15.7. The highest BCUT2D eigenvalue weighted by molar-refractivity contribution is 7.10. The van der Waals surface area contributed by atoms with Gasteiger partial charge in [-0.2, -0.15) is 0 Å². The van der Waals surface area contributed by atoms with Gasteiger partial charge in [-0.15, -0.1) is 11.3 Å². The molecule has 2 N–H and O–H groups in total. The molecule has 0 saturated carbocycles. The summed E-state index contributed by atoms with van der Waals surface area (Å²) in [6, 6.07) is 1.04. The Kier molecular flexibility index (Phi) is 7.02. The molecule has 3 amide bonds. The molecule has 0 radical (unpaired) electrons. The maximum absolute atomic E-state index is 12.9. The average Bonchev–Trinajstić information content (AvgIpc) is 3.07. The summed E-state index contributed by atoms with van der Waals surface area (Å²) in [5.41, 5.74) is 1.18. The Morgan fingerprint density at radius 1 is 1.42 bits per heavy atom. The Bertz CT molecular complexity index is 661. The monoisotopic (exact) mass is 381 g/mol. The molecule has 26 heavy (non-hydrogen) atoms. The highest BCUT2D eigenvalue weighted by Gasteiger charge is 2.29. The Hall–Kier alpha value is -2.09. The zero-order chi connectivity index (χ0) is 19.3. The van der Waals surface area contributed by atoms with E-state index in [1.165, 1.54) is 15.3 Å². The fourth-order valence-electron chi connectivity index (χ4n) is 3.03. The molecule has 1 aromatic rings. The number of fused-ring (bicyclic) bond motifs is 1. The highest BCUT2D eigenvalue weighted by atomic mass is 32.1. The van der Waals surface area contributed by atoms with E-state index < -0.39 is 24.0 Å². The number of urea groups is 1. The second kappa shape index (κ2) is 9.02. The van der Waals surface area contributed by atoms with Gasteiger partial charge in [-0.25, -0.2) is 4.79 Å². The smallest absolute Gasteiger partial charge is 0.317 e. The summed E-state index contributed by atoms with van der Waals surface area (Å²) < 4.78 is 0. The van der Waals surface area contributed by atoms with Gasteiger partial charge in [0, 0.05) is 31.6 Å². The molecule has 8 heteroatoms. The molecule has 2 rings (SSSR count). The van der Waals surface area contributed by atoms with Crippen LogP contribution in [-0.2, 0) is 22.6 Å². The van der Waals surface area contributed by atoms with Crippen molar-refractivity contribution in [2.24, 2.45) is 5.92 Å². The number of carbonyl (C=O) groups excluding carboxylic acids is 2. The molecular weight excluding hydrogens is 354 g/mol. The number of carboxylic acid groups (broad SMARTS) is 1. The molecule has 2 heterocycles. The largest absolute Gasteiger partial charge is 0.481 e. The standard InChI is InChI=1S/C18H27N3O4S/c1-4-5-14(19-18(25)20(3)10-12(2)17(23)24)16(22)21-8-6-15-13(11-21)7-9-26-15/h7,9,12,14H,4-6,8,10-11H2,1-3H3,(H,19,25)(H,23,24). The van der Waals surface area contributed by atoms with E-state index in [4.69, 9.17) is 5.11 Å². The van der Waals surface area contributed by atoms with E-state index in [1.54, 1.807) is 30.2 Å². The molecule has 0 fully saturated rings.